The number of carbonyl (C=O) groups excluding carboxylic acids is 2. The van der Waals surface area contributed by atoms with Gasteiger partial charge in [0.05, 0.1) is 0 Å². The second-order valence-electron chi connectivity index (χ2n) is 8.16. The Morgan fingerprint density at radius 2 is 1.37 bits per heavy atom. The quantitative estimate of drug-likeness (QED) is 0.521. The monoisotopic (exact) mass is 376 g/mol. The average Bonchev–Trinajstić information content (AvgIpc) is 2.97. The minimum absolute atomic E-state index is 0.107. The molecule has 2 saturated carbocycles. The van der Waals surface area contributed by atoms with Crippen molar-refractivity contribution < 1.29 is 9.59 Å². The Balaban J connectivity index is 1.57. The standard InChI is InChI=1S/C24H21ClO2/c1-13-2-3-17(14-8-10-18(25)11-9-14)12-19(13)22-23(26)20-15-4-5-16(7-6-15)21(20)24(22)27/h2-5,8-12,15-16,20-22H,6-7H2,1H3/t15-,16+,20-,21+,22?. The highest BCUT2D eigenvalue weighted by Crippen LogP contribution is 2.53. The van der Waals surface area contributed by atoms with Gasteiger partial charge in [0.25, 0.3) is 0 Å². The number of halogens is 1. The van der Waals surface area contributed by atoms with Gasteiger partial charge in [0, 0.05) is 16.9 Å². The van der Waals surface area contributed by atoms with Crippen molar-refractivity contribution in [3.05, 3.63) is 70.8 Å². The van der Waals surface area contributed by atoms with E-state index in [1.807, 2.05) is 49.4 Å². The molecular weight excluding hydrogens is 356 g/mol. The van der Waals surface area contributed by atoms with Crippen LogP contribution in [0, 0.1) is 30.6 Å². The SMILES string of the molecule is Cc1ccc(-c2ccc(Cl)cc2)cc1C1C(=O)[C@@H]2[C@H](C1=O)[C@@H]1C=C[C@H]2CC1. The van der Waals surface area contributed by atoms with Gasteiger partial charge in [0.2, 0.25) is 0 Å². The van der Waals surface area contributed by atoms with Crippen LogP contribution >= 0.6 is 11.6 Å². The van der Waals surface area contributed by atoms with E-state index in [0.29, 0.717) is 5.02 Å². The van der Waals surface area contributed by atoms with Crippen LogP contribution in [0.5, 0.6) is 0 Å². The first-order valence-electron chi connectivity index (χ1n) is 9.67. The fourth-order valence-electron chi connectivity index (χ4n) is 5.37. The number of benzene rings is 2. The van der Waals surface area contributed by atoms with E-state index in [4.69, 9.17) is 11.6 Å². The zero-order chi connectivity index (χ0) is 18.7. The highest BCUT2D eigenvalue weighted by molar-refractivity contribution is 6.30. The molecule has 0 heterocycles. The summed E-state index contributed by atoms with van der Waals surface area (Å²) in [5.74, 6) is -0.0341. The molecule has 2 bridgehead atoms. The molecule has 0 aliphatic heterocycles. The van der Waals surface area contributed by atoms with Crippen LogP contribution in [0.2, 0.25) is 5.02 Å². The van der Waals surface area contributed by atoms with Crippen LogP contribution in [-0.2, 0) is 9.59 Å². The van der Waals surface area contributed by atoms with E-state index >= 15 is 0 Å². The number of Topliss-reactive ketones (excluding diaryl/α,β-unsaturated/α-hetero) is 2. The smallest absolute Gasteiger partial charge is 0.152 e. The molecule has 0 amide bonds. The molecule has 0 radical (unpaired) electrons. The van der Waals surface area contributed by atoms with Crippen molar-refractivity contribution in [2.45, 2.75) is 25.7 Å². The van der Waals surface area contributed by atoms with Gasteiger partial charge in [-0.25, -0.2) is 0 Å². The van der Waals surface area contributed by atoms with E-state index in [1.165, 1.54) is 0 Å². The zero-order valence-electron chi connectivity index (χ0n) is 15.2. The molecule has 27 heavy (non-hydrogen) atoms. The van der Waals surface area contributed by atoms with Gasteiger partial charge in [-0.1, -0.05) is 48.0 Å². The molecule has 0 saturated heterocycles. The summed E-state index contributed by atoms with van der Waals surface area (Å²) in [7, 11) is 0. The fourth-order valence-corrected chi connectivity index (χ4v) is 5.50. The Labute approximate surface area is 164 Å². The number of allylic oxidation sites excluding steroid dienone is 2. The zero-order valence-corrected chi connectivity index (χ0v) is 15.9. The van der Waals surface area contributed by atoms with Crippen molar-refractivity contribution in [2.75, 3.05) is 0 Å². The summed E-state index contributed by atoms with van der Waals surface area (Å²) in [4.78, 5) is 26.6. The van der Waals surface area contributed by atoms with Crippen molar-refractivity contribution in [3.63, 3.8) is 0 Å². The molecular formula is C24H21ClO2. The predicted molar refractivity (Wildman–Crippen MR) is 107 cm³/mol. The lowest BCUT2D eigenvalue weighted by atomic mass is 9.63. The summed E-state index contributed by atoms with van der Waals surface area (Å²) in [5.41, 5.74) is 3.95. The summed E-state index contributed by atoms with van der Waals surface area (Å²) >= 11 is 6.01. The third-order valence-corrected chi connectivity index (χ3v) is 6.99. The van der Waals surface area contributed by atoms with Crippen LogP contribution in [0.25, 0.3) is 11.1 Å². The molecule has 0 N–H and O–H groups in total. The summed E-state index contributed by atoms with van der Waals surface area (Å²) < 4.78 is 0. The van der Waals surface area contributed by atoms with E-state index in [9.17, 15) is 9.59 Å². The summed E-state index contributed by atoms with van der Waals surface area (Å²) in [5, 5.41) is 0.694. The van der Waals surface area contributed by atoms with Gasteiger partial charge < -0.3 is 0 Å². The predicted octanol–water partition coefficient (Wildman–Crippen LogP) is 5.38. The summed E-state index contributed by atoms with van der Waals surface area (Å²) in [6, 6.07) is 13.8. The number of hydrogen-bond acceptors (Lipinski definition) is 2. The normalized spacial score (nSPS) is 31.4. The highest BCUT2D eigenvalue weighted by Gasteiger charge is 2.57. The number of aryl methyl sites for hydroxylation is 1. The molecule has 0 spiro atoms. The van der Waals surface area contributed by atoms with Gasteiger partial charge in [0.15, 0.2) is 11.6 Å². The van der Waals surface area contributed by atoms with Crippen LogP contribution in [0.15, 0.2) is 54.6 Å². The van der Waals surface area contributed by atoms with E-state index in [2.05, 4.69) is 12.2 Å². The van der Waals surface area contributed by atoms with Crippen molar-refractivity contribution >= 4 is 23.2 Å². The van der Waals surface area contributed by atoms with Gasteiger partial charge in [0.1, 0.15) is 5.92 Å². The van der Waals surface area contributed by atoms with Gasteiger partial charge in [-0.05, 0) is 72.1 Å². The molecule has 3 heteroatoms. The number of rotatable bonds is 2. The first-order chi connectivity index (χ1) is 13.0. The Morgan fingerprint density at radius 1 is 0.815 bits per heavy atom. The largest absolute Gasteiger partial charge is 0.298 e. The minimum atomic E-state index is -0.602. The minimum Gasteiger partial charge on any atom is -0.298 e. The first kappa shape index (κ1) is 16.9. The maximum Gasteiger partial charge on any atom is 0.152 e. The molecule has 2 aromatic carbocycles. The summed E-state index contributed by atoms with van der Waals surface area (Å²) in [6.07, 6.45) is 6.44. The fraction of sp³-hybridized carbons (Fsp3) is 0.333. The van der Waals surface area contributed by atoms with Crippen molar-refractivity contribution in [2.24, 2.45) is 23.7 Å². The Bertz CT molecular complexity index is 940. The van der Waals surface area contributed by atoms with Crippen LogP contribution in [0.1, 0.15) is 29.9 Å². The van der Waals surface area contributed by atoms with E-state index in [1.54, 1.807) is 0 Å². The van der Waals surface area contributed by atoms with Gasteiger partial charge in [-0.3, -0.25) is 9.59 Å². The van der Waals surface area contributed by atoms with E-state index in [0.717, 1.165) is 35.1 Å². The average molecular weight is 377 g/mol. The van der Waals surface area contributed by atoms with Gasteiger partial charge in [-0.15, -0.1) is 0 Å². The molecule has 5 atom stereocenters. The van der Waals surface area contributed by atoms with Gasteiger partial charge in [-0.2, -0.15) is 0 Å². The molecule has 2 fully saturated rings. The lowest BCUT2D eigenvalue weighted by molar-refractivity contribution is -0.125. The van der Waals surface area contributed by atoms with Crippen LogP contribution < -0.4 is 0 Å². The van der Waals surface area contributed by atoms with Crippen molar-refractivity contribution in [1.82, 2.24) is 0 Å². The lowest BCUT2D eigenvalue weighted by Gasteiger charge is -2.39. The number of hydrogen-bond donors (Lipinski definition) is 0. The third-order valence-electron chi connectivity index (χ3n) is 6.74. The second-order valence-corrected chi connectivity index (χ2v) is 8.59. The van der Waals surface area contributed by atoms with Crippen LogP contribution in [-0.4, -0.2) is 11.6 Å². The topological polar surface area (TPSA) is 34.1 Å². The number of fused-ring (bicyclic) bond motifs is 1. The molecule has 6 rings (SSSR count). The first-order valence-corrected chi connectivity index (χ1v) is 10.0. The Kier molecular flexibility index (Phi) is 3.87. The van der Waals surface area contributed by atoms with Gasteiger partial charge >= 0.3 is 0 Å². The third kappa shape index (κ3) is 2.54. The second kappa shape index (κ2) is 6.17. The molecule has 0 aromatic heterocycles. The molecule has 2 aromatic rings. The van der Waals surface area contributed by atoms with E-state index in [-0.39, 0.29) is 35.2 Å². The number of ketones is 2. The van der Waals surface area contributed by atoms with E-state index < -0.39 is 5.92 Å². The molecule has 4 aliphatic rings. The van der Waals surface area contributed by atoms with Crippen molar-refractivity contribution in [3.8, 4) is 11.1 Å². The lowest BCUT2D eigenvalue weighted by Crippen LogP contribution is -2.38. The number of carbonyl (C=O) groups is 2. The molecule has 4 aliphatic carbocycles. The highest BCUT2D eigenvalue weighted by atomic mass is 35.5. The molecule has 1 unspecified atom stereocenters. The maximum atomic E-state index is 13.3. The van der Waals surface area contributed by atoms with Crippen molar-refractivity contribution in [1.29, 1.82) is 0 Å². The molecule has 2 nitrogen and oxygen atoms in total. The maximum absolute atomic E-state index is 13.3. The van der Waals surface area contributed by atoms with Crippen LogP contribution in [0.3, 0.4) is 0 Å². The summed E-state index contributed by atoms with van der Waals surface area (Å²) in [6.45, 7) is 2.00. The Hall–Kier alpha value is -2.19. The Morgan fingerprint density at radius 3 is 1.93 bits per heavy atom. The molecule has 136 valence electrons. The van der Waals surface area contributed by atoms with Crippen LogP contribution in [0.4, 0.5) is 0 Å².